The van der Waals surface area contributed by atoms with Crippen molar-refractivity contribution in [1.29, 1.82) is 0 Å². The van der Waals surface area contributed by atoms with Gasteiger partial charge in [0.15, 0.2) is 0 Å². The minimum Gasteiger partial charge on any atom is -0.272 e. The number of nitrogens with zero attached hydrogens (tertiary/aromatic N) is 3. The molecule has 0 saturated carbocycles. The van der Waals surface area contributed by atoms with Gasteiger partial charge in [-0.2, -0.15) is 16.9 Å². The zero-order valence-electron chi connectivity index (χ0n) is 9.34. The molecule has 84 valence electrons. The van der Waals surface area contributed by atoms with Gasteiger partial charge < -0.3 is 0 Å². The molecule has 0 bridgehead atoms. The van der Waals surface area contributed by atoms with Crippen molar-refractivity contribution < 1.29 is 0 Å². The van der Waals surface area contributed by atoms with Crippen LogP contribution in [0.25, 0.3) is 11.3 Å². The van der Waals surface area contributed by atoms with Crippen LogP contribution in [0.1, 0.15) is 6.42 Å². The zero-order valence-corrected chi connectivity index (χ0v) is 10.2. The van der Waals surface area contributed by atoms with Gasteiger partial charge >= 0.3 is 0 Å². The van der Waals surface area contributed by atoms with E-state index < -0.39 is 0 Å². The van der Waals surface area contributed by atoms with Gasteiger partial charge in [0.25, 0.3) is 0 Å². The zero-order chi connectivity index (χ0) is 11.2. The molecule has 0 radical (unpaired) electrons. The first-order valence-corrected chi connectivity index (χ1v) is 6.72. The predicted molar refractivity (Wildman–Crippen MR) is 68.5 cm³/mol. The summed E-state index contributed by atoms with van der Waals surface area (Å²) in [5.41, 5.74) is 2.07. The number of thioether (sulfide) groups is 1. The van der Waals surface area contributed by atoms with Gasteiger partial charge in [0.1, 0.15) is 0 Å². The van der Waals surface area contributed by atoms with Crippen LogP contribution in [0.5, 0.6) is 0 Å². The molecule has 0 amide bonds. The molecule has 0 fully saturated rings. The number of rotatable bonds is 5. The van der Waals surface area contributed by atoms with Crippen molar-refractivity contribution in [1.82, 2.24) is 14.8 Å². The molecule has 2 rings (SSSR count). The number of aryl methyl sites for hydroxylation is 1. The first kappa shape index (κ1) is 11.2. The van der Waals surface area contributed by atoms with Crippen LogP contribution in [-0.4, -0.2) is 26.8 Å². The first-order chi connectivity index (χ1) is 7.90. The van der Waals surface area contributed by atoms with E-state index >= 15 is 0 Å². The van der Waals surface area contributed by atoms with E-state index in [2.05, 4.69) is 16.3 Å². The number of hydrogen-bond donors (Lipinski definition) is 0. The largest absolute Gasteiger partial charge is 0.272 e. The Balaban J connectivity index is 2.02. The average molecular weight is 233 g/mol. The number of pyridine rings is 1. The Morgan fingerprint density at radius 1 is 1.38 bits per heavy atom. The highest BCUT2D eigenvalue weighted by molar-refractivity contribution is 7.98. The van der Waals surface area contributed by atoms with Crippen LogP contribution < -0.4 is 0 Å². The lowest BCUT2D eigenvalue weighted by atomic mass is 10.2. The topological polar surface area (TPSA) is 30.7 Å². The smallest absolute Gasteiger partial charge is 0.0938 e. The summed E-state index contributed by atoms with van der Waals surface area (Å²) < 4.78 is 2.00. The molecule has 16 heavy (non-hydrogen) atoms. The van der Waals surface area contributed by atoms with E-state index in [9.17, 15) is 0 Å². The van der Waals surface area contributed by atoms with Gasteiger partial charge in [0.05, 0.1) is 5.69 Å². The highest BCUT2D eigenvalue weighted by Crippen LogP contribution is 2.14. The van der Waals surface area contributed by atoms with E-state index in [4.69, 9.17) is 0 Å². The summed E-state index contributed by atoms with van der Waals surface area (Å²) in [7, 11) is 0. The average Bonchev–Trinajstić information content (AvgIpc) is 2.79. The van der Waals surface area contributed by atoms with Gasteiger partial charge in [0.2, 0.25) is 0 Å². The molecule has 0 saturated heterocycles. The summed E-state index contributed by atoms with van der Waals surface area (Å²) in [5, 5.41) is 4.52. The van der Waals surface area contributed by atoms with E-state index in [-0.39, 0.29) is 0 Å². The minimum absolute atomic E-state index is 0.987. The highest BCUT2D eigenvalue weighted by atomic mass is 32.2. The predicted octanol–water partition coefficient (Wildman–Crippen LogP) is 2.70. The molecule has 0 atom stereocenters. The SMILES string of the molecule is CSCCCn1ccc(-c2cccnc2)n1. The number of hydrogen-bond acceptors (Lipinski definition) is 3. The molecule has 0 spiro atoms. The monoisotopic (exact) mass is 233 g/mol. The van der Waals surface area contributed by atoms with E-state index in [1.54, 1.807) is 6.20 Å². The molecule has 4 heteroatoms. The van der Waals surface area contributed by atoms with Gasteiger partial charge in [0, 0.05) is 30.7 Å². The Bertz CT molecular complexity index is 425. The Kier molecular flexibility index (Phi) is 3.99. The lowest BCUT2D eigenvalue weighted by Gasteiger charge is -1.99. The normalized spacial score (nSPS) is 10.6. The van der Waals surface area contributed by atoms with Gasteiger partial charge in [-0.15, -0.1) is 0 Å². The molecule has 2 aromatic heterocycles. The van der Waals surface area contributed by atoms with Crippen molar-refractivity contribution in [2.75, 3.05) is 12.0 Å². The fourth-order valence-electron chi connectivity index (χ4n) is 1.53. The van der Waals surface area contributed by atoms with Crippen LogP contribution >= 0.6 is 11.8 Å². The van der Waals surface area contributed by atoms with Gasteiger partial charge in [-0.05, 0) is 36.6 Å². The molecule has 0 aliphatic carbocycles. The van der Waals surface area contributed by atoms with Crippen LogP contribution in [0.3, 0.4) is 0 Å². The van der Waals surface area contributed by atoms with Crippen LogP contribution in [0.15, 0.2) is 36.8 Å². The van der Waals surface area contributed by atoms with Crippen LogP contribution in [0.4, 0.5) is 0 Å². The summed E-state index contributed by atoms with van der Waals surface area (Å²) in [4.78, 5) is 4.09. The molecule has 2 aromatic rings. The molecular weight excluding hydrogens is 218 g/mol. The second kappa shape index (κ2) is 5.70. The van der Waals surface area contributed by atoms with Crippen LogP contribution in [0.2, 0.25) is 0 Å². The van der Waals surface area contributed by atoms with Crippen molar-refractivity contribution in [2.45, 2.75) is 13.0 Å². The van der Waals surface area contributed by atoms with Crippen LogP contribution in [0, 0.1) is 0 Å². The Morgan fingerprint density at radius 3 is 3.06 bits per heavy atom. The van der Waals surface area contributed by atoms with Gasteiger partial charge in [-0.1, -0.05) is 0 Å². The van der Waals surface area contributed by atoms with E-state index in [1.165, 1.54) is 5.75 Å². The maximum Gasteiger partial charge on any atom is 0.0938 e. The van der Waals surface area contributed by atoms with Crippen molar-refractivity contribution in [3.8, 4) is 11.3 Å². The summed E-state index contributed by atoms with van der Waals surface area (Å²) in [6.07, 6.45) is 8.94. The fourth-order valence-corrected chi connectivity index (χ4v) is 1.94. The third-order valence-corrected chi connectivity index (χ3v) is 3.03. The molecule has 0 unspecified atom stereocenters. The van der Waals surface area contributed by atoms with E-state index in [1.807, 2.05) is 47.0 Å². The third-order valence-electron chi connectivity index (χ3n) is 2.33. The number of aromatic nitrogens is 3. The molecule has 0 N–H and O–H groups in total. The van der Waals surface area contributed by atoms with Gasteiger partial charge in [-0.25, -0.2) is 0 Å². The molecular formula is C12H15N3S. The molecule has 0 aliphatic rings. The van der Waals surface area contributed by atoms with Gasteiger partial charge in [-0.3, -0.25) is 9.67 Å². The maximum atomic E-state index is 4.52. The maximum absolute atomic E-state index is 4.52. The summed E-state index contributed by atoms with van der Waals surface area (Å²) in [6.45, 7) is 0.987. The van der Waals surface area contributed by atoms with Crippen LogP contribution in [-0.2, 0) is 6.54 Å². The lowest BCUT2D eigenvalue weighted by Crippen LogP contribution is -1.99. The second-order valence-corrected chi connectivity index (χ2v) is 4.54. The summed E-state index contributed by atoms with van der Waals surface area (Å²) in [5.74, 6) is 1.18. The summed E-state index contributed by atoms with van der Waals surface area (Å²) >= 11 is 1.87. The van der Waals surface area contributed by atoms with E-state index in [0.717, 1.165) is 24.2 Å². The molecule has 3 nitrogen and oxygen atoms in total. The quantitative estimate of drug-likeness (QED) is 0.744. The van der Waals surface area contributed by atoms with E-state index in [0.29, 0.717) is 0 Å². The Hall–Kier alpha value is -1.29. The molecule has 0 aliphatic heterocycles. The highest BCUT2D eigenvalue weighted by Gasteiger charge is 2.01. The Labute approximate surface area is 99.9 Å². The van der Waals surface area contributed by atoms with Crippen molar-refractivity contribution in [3.05, 3.63) is 36.8 Å². The second-order valence-electron chi connectivity index (χ2n) is 3.55. The van der Waals surface area contributed by atoms with Crippen molar-refractivity contribution >= 4 is 11.8 Å². The lowest BCUT2D eigenvalue weighted by molar-refractivity contribution is 0.608. The fraction of sp³-hybridized carbons (Fsp3) is 0.333. The van der Waals surface area contributed by atoms with Crippen molar-refractivity contribution in [2.24, 2.45) is 0 Å². The molecule has 0 aromatic carbocycles. The van der Waals surface area contributed by atoms with Crippen molar-refractivity contribution in [3.63, 3.8) is 0 Å². The third kappa shape index (κ3) is 2.85. The Morgan fingerprint density at radius 2 is 2.31 bits per heavy atom. The molecule has 2 heterocycles. The minimum atomic E-state index is 0.987. The standard InChI is InChI=1S/C12H15N3S/c1-16-9-3-7-15-8-5-12(14-15)11-4-2-6-13-10-11/h2,4-6,8,10H,3,7,9H2,1H3. The first-order valence-electron chi connectivity index (χ1n) is 5.33. The summed E-state index contributed by atoms with van der Waals surface area (Å²) in [6, 6.07) is 6.00.